The van der Waals surface area contributed by atoms with Gasteiger partial charge in [-0.1, -0.05) is 13.8 Å². The number of halogens is 1. The molecule has 1 amide bonds. The summed E-state index contributed by atoms with van der Waals surface area (Å²) in [5.74, 6) is -0.186. The topological polar surface area (TPSA) is 44.4 Å². The molecular weight excluding hydrogens is 257 g/mol. The quantitative estimate of drug-likeness (QED) is 0.861. The summed E-state index contributed by atoms with van der Waals surface area (Å²) in [4.78, 5) is 14.0. The van der Waals surface area contributed by atoms with E-state index in [9.17, 15) is 9.18 Å². The Hall–Kier alpha value is -1.62. The zero-order valence-corrected chi connectivity index (χ0v) is 12.1. The molecule has 2 N–H and O–H groups in total. The van der Waals surface area contributed by atoms with Crippen LogP contribution in [0.4, 0.5) is 10.1 Å². The van der Waals surface area contributed by atoms with Gasteiger partial charge < -0.3 is 15.5 Å². The fraction of sp³-hybridized carbons (Fsp3) is 0.533. The van der Waals surface area contributed by atoms with Crippen LogP contribution < -0.4 is 15.5 Å². The van der Waals surface area contributed by atoms with Crippen molar-refractivity contribution in [2.45, 2.75) is 32.9 Å². The molecule has 0 aromatic heterocycles. The normalized spacial score (nSPS) is 19.1. The molecule has 1 unspecified atom stereocenters. The van der Waals surface area contributed by atoms with E-state index in [1.54, 1.807) is 12.1 Å². The van der Waals surface area contributed by atoms with Crippen molar-refractivity contribution in [1.82, 2.24) is 10.6 Å². The lowest BCUT2D eigenvalue weighted by Gasteiger charge is -2.37. The first-order valence-electron chi connectivity index (χ1n) is 7.20. The summed E-state index contributed by atoms with van der Waals surface area (Å²) in [6.07, 6.45) is 0.740. The predicted octanol–water partition coefficient (Wildman–Crippen LogP) is 1.65. The van der Waals surface area contributed by atoms with Crippen LogP contribution in [0, 0.1) is 5.82 Å². The maximum absolute atomic E-state index is 13.5. The summed E-state index contributed by atoms with van der Waals surface area (Å²) in [5, 5.41) is 6.11. The van der Waals surface area contributed by atoms with E-state index in [1.807, 2.05) is 13.8 Å². The largest absolute Gasteiger partial charge is 0.357 e. The number of nitrogens with one attached hydrogen (secondary N) is 2. The summed E-state index contributed by atoms with van der Waals surface area (Å²) in [6.45, 7) is 6.84. The molecule has 0 aliphatic carbocycles. The lowest BCUT2D eigenvalue weighted by molar-refractivity contribution is -0.123. The Labute approximate surface area is 119 Å². The molecule has 1 saturated heterocycles. The maximum Gasteiger partial charge on any atom is 0.242 e. The SMILES string of the molecule is CCNCc1cc(F)ccc1N1CCNC(=O)C1CC. The van der Waals surface area contributed by atoms with Crippen LogP contribution in [-0.4, -0.2) is 31.6 Å². The number of benzene rings is 1. The Morgan fingerprint density at radius 1 is 1.45 bits per heavy atom. The predicted molar refractivity (Wildman–Crippen MR) is 78.2 cm³/mol. The number of carbonyl (C=O) groups excluding carboxylic acids is 1. The minimum Gasteiger partial charge on any atom is -0.357 e. The highest BCUT2D eigenvalue weighted by molar-refractivity contribution is 5.86. The molecule has 2 rings (SSSR count). The third-order valence-corrected chi connectivity index (χ3v) is 3.63. The average molecular weight is 279 g/mol. The first kappa shape index (κ1) is 14.8. The van der Waals surface area contributed by atoms with E-state index in [2.05, 4.69) is 15.5 Å². The number of hydrogen-bond donors (Lipinski definition) is 2. The number of hydrogen-bond acceptors (Lipinski definition) is 3. The van der Waals surface area contributed by atoms with Gasteiger partial charge in [0.05, 0.1) is 0 Å². The zero-order chi connectivity index (χ0) is 14.5. The molecule has 1 aliphatic rings. The molecule has 20 heavy (non-hydrogen) atoms. The number of anilines is 1. The van der Waals surface area contributed by atoms with Gasteiger partial charge in [-0.25, -0.2) is 4.39 Å². The number of amides is 1. The van der Waals surface area contributed by atoms with E-state index in [-0.39, 0.29) is 17.8 Å². The molecule has 1 aliphatic heterocycles. The van der Waals surface area contributed by atoms with Crippen LogP contribution in [-0.2, 0) is 11.3 Å². The fourth-order valence-corrected chi connectivity index (χ4v) is 2.64. The number of nitrogens with zero attached hydrogens (tertiary/aromatic N) is 1. The molecule has 5 heteroatoms. The molecular formula is C15H22FN3O. The molecule has 0 saturated carbocycles. The van der Waals surface area contributed by atoms with Crippen LogP contribution in [0.1, 0.15) is 25.8 Å². The molecule has 1 aromatic rings. The van der Waals surface area contributed by atoms with Crippen molar-refractivity contribution < 1.29 is 9.18 Å². The smallest absolute Gasteiger partial charge is 0.242 e. The van der Waals surface area contributed by atoms with E-state index in [0.717, 1.165) is 30.8 Å². The summed E-state index contributed by atoms with van der Waals surface area (Å²) in [7, 11) is 0. The third kappa shape index (κ3) is 3.10. The number of piperazine rings is 1. The monoisotopic (exact) mass is 279 g/mol. The van der Waals surface area contributed by atoms with Crippen LogP contribution in [0.3, 0.4) is 0 Å². The molecule has 1 aromatic carbocycles. The van der Waals surface area contributed by atoms with Gasteiger partial charge in [0, 0.05) is 25.3 Å². The molecule has 0 bridgehead atoms. The Bertz CT molecular complexity index is 478. The Morgan fingerprint density at radius 2 is 2.25 bits per heavy atom. The van der Waals surface area contributed by atoms with E-state index < -0.39 is 0 Å². The molecule has 1 heterocycles. The highest BCUT2D eigenvalue weighted by atomic mass is 19.1. The lowest BCUT2D eigenvalue weighted by atomic mass is 10.1. The standard InChI is InChI=1S/C15H22FN3O/c1-3-13-15(20)18-7-8-19(13)14-6-5-12(16)9-11(14)10-17-4-2/h5-6,9,13,17H,3-4,7-8,10H2,1-2H3,(H,18,20). The summed E-state index contributed by atoms with van der Waals surface area (Å²) in [5.41, 5.74) is 1.86. The van der Waals surface area contributed by atoms with Crippen LogP contribution in [0.5, 0.6) is 0 Å². The molecule has 0 radical (unpaired) electrons. The minimum atomic E-state index is -0.240. The number of carbonyl (C=O) groups is 1. The second-order valence-corrected chi connectivity index (χ2v) is 4.96. The van der Waals surface area contributed by atoms with Crippen molar-refractivity contribution in [1.29, 1.82) is 0 Å². The summed E-state index contributed by atoms with van der Waals surface area (Å²) >= 11 is 0. The Kier molecular flexibility index (Phi) is 4.95. The van der Waals surface area contributed by atoms with Crippen LogP contribution in [0.15, 0.2) is 18.2 Å². The van der Waals surface area contributed by atoms with Crippen molar-refractivity contribution in [3.8, 4) is 0 Å². The summed E-state index contributed by atoms with van der Waals surface area (Å²) < 4.78 is 13.5. The third-order valence-electron chi connectivity index (χ3n) is 3.63. The minimum absolute atomic E-state index is 0.0532. The lowest BCUT2D eigenvalue weighted by Crippen LogP contribution is -2.55. The highest BCUT2D eigenvalue weighted by Crippen LogP contribution is 2.26. The van der Waals surface area contributed by atoms with Gasteiger partial charge in [0.25, 0.3) is 0 Å². The second kappa shape index (κ2) is 6.70. The van der Waals surface area contributed by atoms with E-state index >= 15 is 0 Å². The van der Waals surface area contributed by atoms with Gasteiger partial charge in [-0.05, 0) is 36.7 Å². The Morgan fingerprint density at radius 3 is 2.95 bits per heavy atom. The Balaban J connectivity index is 2.31. The van der Waals surface area contributed by atoms with Crippen molar-refractivity contribution in [2.24, 2.45) is 0 Å². The van der Waals surface area contributed by atoms with Crippen LogP contribution in [0.2, 0.25) is 0 Å². The second-order valence-electron chi connectivity index (χ2n) is 4.96. The summed E-state index contributed by atoms with van der Waals surface area (Å²) in [6, 6.07) is 4.62. The van der Waals surface area contributed by atoms with Crippen molar-refractivity contribution in [3.63, 3.8) is 0 Å². The molecule has 1 fully saturated rings. The van der Waals surface area contributed by atoms with Gasteiger partial charge in [-0.3, -0.25) is 4.79 Å². The highest BCUT2D eigenvalue weighted by Gasteiger charge is 2.29. The van der Waals surface area contributed by atoms with Crippen molar-refractivity contribution >= 4 is 11.6 Å². The van der Waals surface area contributed by atoms with Gasteiger partial charge in [-0.2, -0.15) is 0 Å². The van der Waals surface area contributed by atoms with E-state index in [0.29, 0.717) is 13.1 Å². The van der Waals surface area contributed by atoms with E-state index in [1.165, 1.54) is 6.07 Å². The van der Waals surface area contributed by atoms with Gasteiger partial charge in [0.15, 0.2) is 0 Å². The maximum atomic E-state index is 13.5. The van der Waals surface area contributed by atoms with Gasteiger partial charge in [0.1, 0.15) is 11.9 Å². The van der Waals surface area contributed by atoms with Crippen LogP contribution in [0.25, 0.3) is 0 Å². The van der Waals surface area contributed by atoms with Gasteiger partial charge in [0.2, 0.25) is 5.91 Å². The van der Waals surface area contributed by atoms with Gasteiger partial charge in [-0.15, -0.1) is 0 Å². The van der Waals surface area contributed by atoms with E-state index in [4.69, 9.17) is 0 Å². The first-order chi connectivity index (χ1) is 9.67. The molecule has 4 nitrogen and oxygen atoms in total. The first-order valence-corrected chi connectivity index (χ1v) is 7.20. The van der Waals surface area contributed by atoms with Gasteiger partial charge >= 0.3 is 0 Å². The van der Waals surface area contributed by atoms with Crippen molar-refractivity contribution in [3.05, 3.63) is 29.6 Å². The average Bonchev–Trinajstić information content (AvgIpc) is 2.45. The fourth-order valence-electron chi connectivity index (χ4n) is 2.64. The van der Waals surface area contributed by atoms with Crippen LogP contribution >= 0.6 is 0 Å². The number of rotatable bonds is 5. The van der Waals surface area contributed by atoms with Crippen molar-refractivity contribution in [2.75, 3.05) is 24.5 Å². The molecule has 1 atom stereocenters. The molecule has 110 valence electrons. The zero-order valence-electron chi connectivity index (χ0n) is 12.1. The molecule has 0 spiro atoms.